The van der Waals surface area contributed by atoms with Gasteiger partial charge in [-0.05, 0) is 89.7 Å². The topological polar surface area (TPSA) is 42.2 Å². The molecule has 0 saturated carbocycles. The van der Waals surface area contributed by atoms with Gasteiger partial charge in [0.15, 0.2) is 0 Å². The molecule has 0 spiro atoms. The van der Waals surface area contributed by atoms with Gasteiger partial charge in [0, 0.05) is 10.9 Å². The van der Waals surface area contributed by atoms with Crippen molar-refractivity contribution in [3.63, 3.8) is 0 Å². The minimum atomic E-state index is 0.249. The van der Waals surface area contributed by atoms with Gasteiger partial charge in [0.1, 0.15) is 5.82 Å². The van der Waals surface area contributed by atoms with Crippen molar-refractivity contribution in [3.8, 4) is 0 Å². The highest BCUT2D eigenvalue weighted by Gasteiger charge is 2.15. The molecule has 2 N–H and O–H groups in total. The Bertz CT molecular complexity index is 700. The summed E-state index contributed by atoms with van der Waals surface area (Å²) in [5, 5.41) is 1.21. The van der Waals surface area contributed by atoms with Crippen LogP contribution >= 0.6 is 0 Å². The number of aryl methyl sites for hydroxylation is 2. The van der Waals surface area contributed by atoms with Gasteiger partial charge in [0.05, 0.1) is 5.52 Å². The molecular weight excluding hydrogens is 318 g/mol. The average molecular weight is 356 g/mol. The fourth-order valence-corrected chi connectivity index (χ4v) is 3.21. The second-order valence-corrected chi connectivity index (χ2v) is 8.57. The summed E-state index contributed by atoms with van der Waals surface area (Å²) >= 11 is 0. The van der Waals surface area contributed by atoms with Gasteiger partial charge in [-0.15, -0.1) is 0 Å². The van der Waals surface area contributed by atoms with E-state index in [9.17, 15) is 0 Å². The van der Waals surface area contributed by atoms with Crippen LogP contribution < -0.4 is 5.73 Å². The van der Waals surface area contributed by atoms with Crippen LogP contribution in [0.4, 0.5) is 5.82 Å². The summed E-state index contributed by atoms with van der Waals surface area (Å²) in [7, 11) is 2.21. The molecule has 144 valence electrons. The number of nitrogens with two attached hydrogens (primary N) is 1. The maximum absolute atomic E-state index is 6.20. The van der Waals surface area contributed by atoms with E-state index in [0.29, 0.717) is 5.82 Å². The Morgan fingerprint density at radius 2 is 1.73 bits per heavy atom. The summed E-state index contributed by atoms with van der Waals surface area (Å²) in [6.07, 6.45) is 8.24. The molecular formula is C23H37N3. The van der Waals surface area contributed by atoms with E-state index in [4.69, 9.17) is 5.73 Å². The summed E-state index contributed by atoms with van der Waals surface area (Å²) in [5.74, 6) is 0.706. The molecule has 26 heavy (non-hydrogen) atoms. The quantitative estimate of drug-likeness (QED) is 0.595. The SMILES string of the molecule is CCCCCc1cc2ccc(CCCCN(C)C(C)(C)C)cc2nc1N. The lowest BCUT2D eigenvalue weighted by molar-refractivity contribution is 0.173. The maximum atomic E-state index is 6.20. The Morgan fingerprint density at radius 3 is 2.42 bits per heavy atom. The number of nitrogens with zero attached hydrogens (tertiary/aromatic N) is 2. The molecule has 3 heteroatoms. The Hall–Kier alpha value is -1.61. The van der Waals surface area contributed by atoms with Gasteiger partial charge in [0.25, 0.3) is 0 Å². The van der Waals surface area contributed by atoms with Crippen molar-refractivity contribution in [2.24, 2.45) is 0 Å². The van der Waals surface area contributed by atoms with E-state index in [1.165, 1.54) is 48.6 Å². The largest absolute Gasteiger partial charge is 0.383 e. The zero-order chi connectivity index (χ0) is 19.2. The smallest absolute Gasteiger partial charge is 0.127 e. The zero-order valence-electron chi connectivity index (χ0n) is 17.4. The van der Waals surface area contributed by atoms with Crippen LogP contribution in [0, 0.1) is 0 Å². The molecule has 0 aliphatic rings. The molecule has 0 radical (unpaired) electrons. The number of fused-ring (bicyclic) bond motifs is 1. The van der Waals surface area contributed by atoms with Gasteiger partial charge in [-0.1, -0.05) is 31.9 Å². The third kappa shape index (κ3) is 5.98. The van der Waals surface area contributed by atoms with Crippen LogP contribution in [0.2, 0.25) is 0 Å². The van der Waals surface area contributed by atoms with Crippen molar-refractivity contribution in [1.29, 1.82) is 0 Å². The van der Waals surface area contributed by atoms with Crippen molar-refractivity contribution in [1.82, 2.24) is 9.88 Å². The number of anilines is 1. The Morgan fingerprint density at radius 1 is 1.00 bits per heavy atom. The molecule has 3 nitrogen and oxygen atoms in total. The molecule has 2 rings (SSSR count). The van der Waals surface area contributed by atoms with Crippen molar-refractivity contribution in [2.45, 2.75) is 78.2 Å². The fraction of sp³-hybridized carbons (Fsp3) is 0.609. The van der Waals surface area contributed by atoms with E-state index in [-0.39, 0.29) is 5.54 Å². The molecule has 0 bridgehead atoms. The van der Waals surface area contributed by atoms with Gasteiger partial charge >= 0.3 is 0 Å². The molecule has 0 aliphatic carbocycles. The van der Waals surface area contributed by atoms with Crippen LogP contribution in [0.15, 0.2) is 24.3 Å². The number of hydrogen-bond donors (Lipinski definition) is 1. The number of benzene rings is 1. The first-order chi connectivity index (χ1) is 12.3. The van der Waals surface area contributed by atoms with E-state index >= 15 is 0 Å². The van der Waals surface area contributed by atoms with Crippen LogP contribution in [-0.2, 0) is 12.8 Å². The third-order valence-corrected chi connectivity index (χ3v) is 5.40. The second kappa shape index (κ2) is 9.36. The van der Waals surface area contributed by atoms with E-state index in [2.05, 4.69) is 68.9 Å². The maximum Gasteiger partial charge on any atom is 0.127 e. The lowest BCUT2D eigenvalue weighted by atomic mass is 10.0. The van der Waals surface area contributed by atoms with Crippen molar-refractivity contribution in [2.75, 3.05) is 19.3 Å². The fourth-order valence-electron chi connectivity index (χ4n) is 3.21. The van der Waals surface area contributed by atoms with Crippen LogP contribution in [0.25, 0.3) is 10.9 Å². The number of pyridine rings is 1. The molecule has 1 aromatic carbocycles. The van der Waals surface area contributed by atoms with E-state index < -0.39 is 0 Å². The summed E-state index contributed by atoms with van der Waals surface area (Å²) < 4.78 is 0. The standard InChI is InChI=1S/C23H37N3/c1-6-7-8-12-20-17-19-14-13-18(16-21(19)25-22(20)24)11-9-10-15-26(5)23(2,3)4/h13-14,16-17H,6-12,15H2,1-5H3,(H2,24,25). The molecule has 1 aromatic heterocycles. The highest BCUT2D eigenvalue weighted by molar-refractivity contribution is 5.82. The predicted molar refractivity (Wildman–Crippen MR) is 115 cm³/mol. The number of hydrogen-bond acceptors (Lipinski definition) is 3. The zero-order valence-corrected chi connectivity index (χ0v) is 17.4. The monoisotopic (exact) mass is 355 g/mol. The Kier molecular flexibility index (Phi) is 7.45. The van der Waals surface area contributed by atoms with Crippen molar-refractivity contribution >= 4 is 16.7 Å². The van der Waals surface area contributed by atoms with Gasteiger partial charge in [0.2, 0.25) is 0 Å². The normalized spacial score (nSPS) is 12.2. The van der Waals surface area contributed by atoms with Gasteiger partial charge < -0.3 is 10.6 Å². The lowest BCUT2D eigenvalue weighted by Crippen LogP contribution is -2.38. The van der Waals surface area contributed by atoms with Gasteiger partial charge in [-0.25, -0.2) is 4.98 Å². The molecule has 1 heterocycles. The van der Waals surface area contributed by atoms with E-state index in [1.807, 2.05) is 0 Å². The number of nitrogen functional groups attached to an aromatic ring is 1. The Labute approximate surface area is 160 Å². The first kappa shape index (κ1) is 20.7. The molecule has 0 saturated heterocycles. The van der Waals surface area contributed by atoms with Crippen molar-refractivity contribution in [3.05, 3.63) is 35.4 Å². The minimum absolute atomic E-state index is 0.249. The lowest BCUT2D eigenvalue weighted by Gasteiger charge is -2.31. The predicted octanol–water partition coefficient (Wildman–Crippen LogP) is 5.60. The summed E-state index contributed by atoms with van der Waals surface area (Å²) in [5.41, 5.74) is 10.0. The molecule has 0 fully saturated rings. The highest BCUT2D eigenvalue weighted by Crippen LogP contribution is 2.22. The molecule has 0 atom stereocenters. The third-order valence-electron chi connectivity index (χ3n) is 5.40. The summed E-state index contributed by atoms with van der Waals surface area (Å²) in [6.45, 7) is 10.2. The van der Waals surface area contributed by atoms with Gasteiger partial charge in [-0.2, -0.15) is 0 Å². The first-order valence-electron chi connectivity index (χ1n) is 10.2. The summed E-state index contributed by atoms with van der Waals surface area (Å²) in [4.78, 5) is 7.10. The molecule has 0 amide bonds. The number of unbranched alkanes of at least 4 members (excludes halogenated alkanes) is 3. The molecule has 0 unspecified atom stereocenters. The average Bonchev–Trinajstić information content (AvgIpc) is 2.58. The van der Waals surface area contributed by atoms with Crippen LogP contribution in [-0.4, -0.2) is 29.0 Å². The van der Waals surface area contributed by atoms with E-state index in [1.54, 1.807) is 0 Å². The molecule has 2 aromatic rings. The highest BCUT2D eigenvalue weighted by atomic mass is 15.1. The second-order valence-electron chi connectivity index (χ2n) is 8.57. The summed E-state index contributed by atoms with van der Waals surface area (Å²) in [6, 6.07) is 8.91. The Balaban J connectivity index is 1.95. The number of rotatable bonds is 9. The number of aromatic nitrogens is 1. The van der Waals surface area contributed by atoms with Crippen LogP contribution in [0.1, 0.15) is 70.9 Å². The van der Waals surface area contributed by atoms with Crippen LogP contribution in [0.3, 0.4) is 0 Å². The van der Waals surface area contributed by atoms with E-state index in [0.717, 1.165) is 24.9 Å². The van der Waals surface area contributed by atoms with Crippen LogP contribution in [0.5, 0.6) is 0 Å². The molecule has 0 aliphatic heterocycles. The van der Waals surface area contributed by atoms with Crippen molar-refractivity contribution < 1.29 is 0 Å². The first-order valence-corrected chi connectivity index (χ1v) is 10.2. The minimum Gasteiger partial charge on any atom is -0.383 e. The van der Waals surface area contributed by atoms with Gasteiger partial charge in [-0.3, -0.25) is 0 Å².